The third-order valence-corrected chi connectivity index (χ3v) is 6.65. The third kappa shape index (κ3) is 4.50. The molecule has 2 unspecified atom stereocenters. The second-order valence-electron chi connectivity index (χ2n) is 8.59. The molecule has 2 aliphatic rings. The summed E-state index contributed by atoms with van der Waals surface area (Å²) in [4.78, 5) is 27.0. The number of nitrogens with one attached hydrogen (secondary N) is 1. The molecule has 0 fully saturated rings. The van der Waals surface area contributed by atoms with Crippen LogP contribution in [0.15, 0.2) is 65.0 Å². The highest BCUT2D eigenvalue weighted by molar-refractivity contribution is 6.04. The monoisotopic (exact) mass is 477 g/mol. The first kappa shape index (κ1) is 24.4. The van der Waals surface area contributed by atoms with Gasteiger partial charge in [-0.1, -0.05) is 18.2 Å². The standard InChI is InChI=1S/C28H31NO6/c1-6-35-28(31)25-16(2)29-21-13-17(19-9-7-8-10-23(19)33-4)14-22(30)27(21)26(25)20-15-18(32-3)11-12-24(20)34-5/h7-12,15,17,26,29H,6,13-14H2,1-5H3. The van der Waals surface area contributed by atoms with Crippen LogP contribution in [0.4, 0.5) is 0 Å². The Hall–Kier alpha value is -3.74. The molecule has 0 bridgehead atoms. The molecule has 0 aromatic heterocycles. The summed E-state index contributed by atoms with van der Waals surface area (Å²) in [6, 6.07) is 13.2. The zero-order chi connectivity index (χ0) is 25.1. The van der Waals surface area contributed by atoms with Crippen LogP contribution in [0.1, 0.15) is 49.7 Å². The Labute approximate surface area is 205 Å². The first-order valence-electron chi connectivity index (χ1n) is 11.7. The molecule has 2 aromatic rings. The second kappa shape index (κ2) is 10.3. The highest BCUT2D eigenvalue weighted by atomic mass is 16.5. The summed E-state index contributed by atoms with van der Waals surface area (Å²) >= 11 is 0. The fourth-order valence-corrected chi connectivity index (χ4v) is 5.12. The van der Waals surface area contributed by atoms with Crippen LogP contribution in [-0.4, -0.2) is 39.7 Å². The van der Waals surface area contributed by atoms with Gasteiger partial charge in [-0.15, -0.1) is 0 Å². The molecule has 4 rings (SSSR count). The molecule has 35 heavy (non-hydrogen) atoms. The number of carbonyl (C=O) groups excluding carboxylic acids is 2. The highest BCUT2D eigenvalue weighted by Gasteiger charge is 2.43. The quantitative estimate of drug-likeness (QED) is 0.582. The SMILES string of the molecule is CCOC(=O)C1=C(C)NC2=C(C(=O)CC(c3ccccc3OC)C2)C1c1cc(OC)ccc1OC. The summed E-state index contributed by atoms with van der Waals surface area (Å²) in [6.07, 6.45) is 0.913. The molecule has 0 saturated heterocycles. The van der Waals surface area contributed by atoms with Crippen molar-refractivity contribution in [2.45, 2.75) is 38.5 Å². The number of esters is 1. The van der Waals surface area contributed by atoms with E-state index in [9.17, 15) is 9.59 Å². The van der Waals surface area contributed by atoms with Gasteiger partial charge in [-0.2, -0.15) is 0 Å². The Kier molecular flexibility index (Phi) is 7.15. The van der Waals surface area contributed by atoms with Crippen molar-refractivity contribution >= 4 is 11.8 Å². The summed E-state index contributed by atoms with van der Waals surface area (Å²) in [7, 11) is 4.79. The molecule has 1 aliphatic carbocycles. The van der Waals surface area contributed by atoms with Crippen molar-refractivity contribution in [3.63, 3.8) is 0 Å². The van der Waals surface area contributed by atoms with Gasteiger partial charge in [0.05, 0.1) is 39.4 Å². The molecule has 0 spiro atoms. The lowest BCUT2D eigenvalue weighted by Gasteiger charge is -2.37. The number of methoxy groups -OCH3 is 3. The van der Waals surface area contributed by atoms with Gasteiger partial charge in [-0.05, 0) is 50.1 Å². The van der Waals surface area contributed by atoms with Gasteiger partial charge in [0.1, 0.15) is 17.2 Å². The molecule has 184 valence electrons. The van der Waals surface area contributed by atoms with Crippen molar-refractivity contribution in [2.75, 3.05) is 27.9 Å². The number of Topliss-reactive ketones (excluding diaryl/α,β-unsaturated/α-hetero) is 1. The predicted molar refractivity (Wildman–Crippen MR) is 132 cm³/mol. The van der Waals surface area contributed by atoms with Crippen LogP contribution in [0.5, 0.6) is 17.2 Å². The number of ketones is 1. The van der Waals surface area contributed by atoms with E-state index in [2.05, 4.69) is 5.32 Å². The summed E-state index contributed by atoms with van der Waals surface area (Å²) in [6.45, 7) is 3.83. The fourth-order valence-electron chi connectivity index (χ4n) is 5.12. The molecule has 0 radical (unpaired) electrons. The van der Waals surface area contributed by atoms with Gasteiger partial charge in [-0.25, -0.2) is 4.79 Å². The topological polar surface area (TPSA) is 83.1 Å². The first-order valence-corrected chi connectivity index (χ1v) is 11.7. The smallest absolute Gasteiger partial charge is 0.336 e. The molecule has 2 aromatic carbocycles. The van der Waals surface area contributed by atoms with E-state index in [1.807, 2.05) is 37.3 Å². The molecule has 7 nitrogen and oxygen atoms in total. The largest absolute Gasteiger partial charge is 0.497 e. The van der Waals surface area contributed by atoms with Crippen molar-refractivity contribution in [2.24, 2.45) is 0 Å². The minimum atomic E-state index is -0.638. The summed E-state index contributed by atoms with van der Waals surface area (Å²) in [5.74, 6) is 0.764. The zero-order valence-electron chi connectivity index (χ0n) is 20.8. The minimum absolute atomic E-state index is 0.0289. The Bertz CT molecular complexity index is 1210. The van der Waals surface area contributed by atoms with E-state index >= 15 is 0 Å². The normalized spacial score (nSPS) is 19.6. The van der Waals surface area contributed by atoms with E-state index in [0.29, 0.717) is 46.7 Å². The summed E-state index contributed by atoms with van der Waals surface area (Å²) < 4.78 is 22.1. The number of ether oxygens (including phenoxy) is 4. The number of para-hydroxylation sites is 1. The summed E-state index contributed by atoms with van der Waals surface area (Å²) in [5.41, 5.74) is 4.11. The Balaban J connectivity index is 1.87. The van der Waals surface area contributed by atoms with Gasteiger partial charge in [0.15, 0.2) is 5.78 Å². The number of hydrogen-bond donors (Lipinski definition) is 1. The maximum absolute atomic E-state index is 13.8. The third-order valence-electron chi connectivity index (χ3n) is 6.65. The first-order chi connectivity index (χ1) is 16.9. The van der Waals surface area contributed by atoms with Crippen LogP contribution in [0, 0.1) is 0 Å². The van der Waals surface area contributed by atoms with Gasteiger partial charge >= 0.3 is 5.97 Å². The van der Waals surface area contributed by atoms with Crippen LogP contribution >= 0.6 is 0 Å². The molecular weight excluding hydrogens is 446 g/mol. The van der Waals surface area contributed by atoms with Crippen LogP contribution in [-0.2, 0) is 14.3 Å². The molecule has 1 aliphatic heterocycles. The number of hydrogen-bond acceptors (Lipinski definition) is 7. The van der Waals surface area contributed by atoms with E-state index in [-0.39, 0.29) is 18.3 Å². The molecule has 1 N–H and O–H groups in total. The van der Waals surface area contributed by atoms with Gasteiger partial charge in [0.25, 0.3) is 0 Å². The maximum Gasteiger partial charge on any atom is 0.336 e. The lowest BCUT2D eigenvalue weighted by atomic mass is 9.71. The van der Waals surface area contributed by atoms with E-state index in [1.54, 1.807) is 40.4 Å². The number of carbonyl (C=O) groups is 2. The van der Waals surface area contributed by atoms with Crippen molar-refractivity contribution in [3.8, 4) is 17.2 Å². The van der Waals surface area contributed by atoms with Gasteiger partial charge in [0.2, 0.25) is 0 Å². The average Bonchev–Trinajstić information content (AvgIpc) is 2.87. The molecular formula is C28H31NO6. The zero-order valence-corrected chi connectivity index (χ0v) is 20.8. The molecule has 0 amide bonds. The van der Waals surface area contributed by atoms with E-state index in [0.717, 1.165) is 17.0 Å². The Morgan fingerprint density at radius 3 is 2.37 bits per heavy atom. The molecule has 1 heterocycles. The molecule has 0 saturated carbocycles. The second-order valence-corrected chi connectivity index (χ2v) is 8.59. The number of allylic oxidation sites excluding steroid dienone is 3. The van der Waals surface area contributed by atoms with Crippen molar-refractivity contribution in [1.29, 1.82) is 0 Å². The number of benzene rings is 2. The Morgan fingerprint density at radius 2 is 1.69 bits per heavy atom. The minimum Gasteiger partial charge on any atom is -0.497 e. The van der Waals surface area contributed by atoms with Crippen LogP contribution in [0.25, 0.3) is 0 Å². The van der Waals surface area contributed by atoms with E-state index in [4.69, 9.17) is 18.9 Å². The van der Waals surface area contributed by atoms with Crippen LogP contribution < -0.4 is 19.5 Å². The van der Waals surface area contributed by atoms with Crippen molar-refractivity contribution in [3.05, 3.63) is 76.1 Å². The van der Waals surface area contributed by atoms with Gasteiger partial charge in [0, 0.05) is 34.9 Å². The highest BCUT2D eigenvalue weighted by Crippen LogP contribution is 2.49. The van der Waals surface area contributed by atoms with Crippen molar-refractivity contribution in [1.82, 2.24) is 5.32 Å². The number of dihydropyridines is 1. The summed E-state index contributed by atoms with van der Waals surface area (Å²) in [5, 5.41) is 3.37. The van der Waals surface area contributed by atoms with Crippen LogP contribution in [0.2, 0.25) is 0 Å². The Morgan fingerprint density at radius 1 is 0.971 bits per heavy atom. The van der Waals surface area contributed by atoms with Gasteiger partial charge in [-0.3, -0.25) is 4.79 Å². The average molecular weight is 478 g/mol. The van der Waals surface area contributed by atoms with Crippen molar-refractivity contribution < 1.29 is 28.5 Å². The van der Waals surface area contributed by atoms with E-state index < -0.39 is 11.9 Å². The van der Waals surface area contributed by atoms with E-state index in [1.165, 1.54) is 0 Å². The molecule has 2 atom stereocenters. The number of rotatable bonds is 7. The lowest BCUT2D eigenvalue weighted by Crippen LogP contribution is -2.36. The van der Waals surface area contributed by atoms with Gasteiger partial charge < -0.3 is 24.3 Å². The molecule has 7 heteroatoms. The maximum atomic E-state index is 13.8. The predicted octanol–water partition coefficient (Wildman–Crippen LogP) is 4.64. The fraction of sp³-hybridized carbons (Fsp3) is 0.357. The lowest BCUT2D eigenvalue weighted by molar-refractivity contribution is -0.138. The van der Waals surface area contributed by atoms with Crippen LogP contribution in [0.3, 0.4) is 0 Å².